The second-order valence-electron chi connectivity index (χ2n) is 11.0. The summed E-state index contributed by atoms with van der Waals surface area (Å²) >= 11 is 0. The van der Waals surface area contributed by atoms with Gasteiger partial charge in [-0.05, 0) is 50.6 Å². The number of carbonyl (C=O) groups is 1. The molecule has 3 heterocycles. The molecule has 0 spiro atoms. The number of carbonyl (C=O) groups excluding carboxylic acids is 1. The van der Waals surface area contributed by atoms with Gasteiger partial charge >= 0.3 is 6.03 Å². The summed E-state index contributed by atoms with van der Waals surface area (Å²) < 4.78 is 52.1. The van der Waals surface area contributed by atoms with Crippen molar-refractivity contribution in [2.75, 3.05) is 51.9 Å². The highest BCUT2D eigenvalue weighted by atomic mass is 19.2. The van der Waals surface area contributed by atoms with Gasteiger partial charge in [-0.15, -0.1) is 5.10 Å². The summed E-state index contributed by atoms with van der Waals surface area (Å²) in [5, 5.41) is 10.6. The Bertz CT molecular complexity index is 1390. The largest absolute Gasteiger partial charge is 0.473 e. The number of para-hydroxylation sites is 1. The van der Waals surface area contributed by atoms with E-state index in [2.05, 4.69) is 20.6 Å². The topological polar surface area (TPSA) is 99.1 Å². The Balaban J connectivity index is 1.34. The highest BCUT2D eigenvalue weighted by Crippen LogP contribution is 2.31. The van der Waals surface area contributed by atoms with E-state index in [0.717, 1.165) is 11.8 Å². The van der Waals surface area contributed by atoms with Crippen LogP contribution in [0.4, 0.5) is 19.4 Å². The van der Waals surface area contributed by atoms with Crippen LogP contribution in [0.5, 0.6) is 5.88 Å². The predicted octanol–water partition coefficient (Wildman–Crippen LogP) is 4.23. The van der Waals surface area contributed by atoms with Crippen LogP contribution in [-0.4, -0.2) is 85.2 Å². The molecule has 42 heavy (non-hydrogen) atoms. The quantitative estimate of drug-likeness (QED) is 0.368. The summed E-state index contributed by atoms with van der Waals surface area (Å²) in [6, 6.07) is 12.5. The van der Waals surface area contributed by atoms with Gasteiger partial charge in [0.05, 0.1) is 30.5 Å². The number of urea groups is 1. The third-order valence-electron chi connectivity index (χ3n) is 7.48. The average Bonchev–Trinajstić information content (AvgIpc) is 3.63. The standard InChI is InChI=1S/C30H37F2N5O5/c1-19-27(37(21-8-6-5-7-9-21)35-28(19)40-17-22-18-41-30(2,3)42-22)34-29(38)33-26-16-36(12-13-39-4)15-23(26)20-10-11-24(31)25(32)14-20/h5-11,14,22-23,26H,12-13,15-18H2,1-4H3,(H2,33,34,38)/t22?,23-,26+/m0/s1. The van der Waals surface area contributed by atoms with Gasteiger partial charge in [-0.3, -0.25) is 10.2 Å². The molecule has 0 bridgehead atoms. The highest BCUT2D eigenvalue weighted by Gasteiger charge is 2.36. The number of nitrogens with one attached hydrogen (secondary N) is 2. The van der Waals surface area contributed by atoms with E-state index in [1.807, 2.05) is 51.1 Å². The second-order valence-corrected chi connectivity index (χ2v) is 11.0. The second kappa shape index (κ2) is 12.7. The molecule has 2 N–H and O–H groups in total. The number of anilines is 1. The fraction of sp³-hybridized carbons (Fsp3) is 0.467. The number of nitrogens with zero attached hydrogens (tertiary/aromatic N) is 3. The van der Waals surface area contributed by atoms with Crippen LogP contribution in [-0.2, 0) is 14.2 Å². The normalized spacial score (nSPS) is 21.9. The van der Waals surface area contributed by atoms with E-state index in [9.17, 15) is 13.6 Å². The summed E-state index contributed by atoms with van der Waals surface area (Å²) in [7, 11) is 1.62. The van der Waals surface area contributed by atoms with E-state index in [0.29, 0.717) is 55.7 Å². The number of amides is 2. The zero-order valence-corrected chi connectivity index (χ0v) is 24.2. The minimum absolute atomic E-state index is 0.233. The van der Waals surface area contributed by atoms with Crippen molar-refractivity contribution in [3.05, 3.63) is 71.3 Å². The molecular weight excluding hydrogens is 548 g/mol. The van der Waals surface area contributed by atoms with Crippen molar-refractivity contribution >= 4 is 11.8 Å². The molecule has 0 radical (unpaired) electrons. The van der Waals surface area contributed by atoms with Gasteiger partial charge in [0.1, 0.15) is 18.5 Å². The molecule has 10 nitrogen and oxygen atoms in total. The van der Waals surface area contributed by atoms with E-state index < -0.39 is 23.5 Å². The summed E-state index contributed by atoms with van der Waals surface area (Å²) in [5.41, 5.74) is 1.98. The van der Waals surface area contributed by atoms with Gasteiger partial charge in [-0.2, -0.15) is 0 Å². The number of aromatic nitrogens is 2. The Labute approximate surface area is 243 Å². The Hall–Kier alpha value is -3.58. The number of halogens is 2. The molecule has 3 atom stereocenters. The van der Waals surface area contributed by atoms with Crippen molar-refractivity contribution in [3.8, 4) is 11.6 Å². The molecular formula is C30H37F2N5O5. The maximum atomic E-state index is 14.1. The molecule has 2 fully saturated rings. The van der Waals surface area contributed by atoms with E-state index in [4.69, 9.17) is 18.9 Å². The maximum absolute atomic E-state index is 14.1. The lowest BCUT2D eigenvalue weighted by Crippen LogP contribution is -2.42. The Morgan fingerprint density at radius 2 is 1.93 bits per heavy atom. The van der Waals surface area contributed by atoms with Crippen LogP contribution >= 0.6 is 0 Å². The molecule has 226 valence electrons. The van der Waals surface area contributed by atoms with E-state index in [-0.39, 0.29) is 24.7 Å². The van der Waals surface area contributed by atoms with Gasteiger partial charge in [0.25, 0.3) is 0 Å². The van der Waals surface area contributed by atoms with Crippen LogP contribution in [0.1, 0.15) is 30.9 Å². The highest BCUT2D eigenvalue weighted by molar-refractivity contribution is 5.90. The SMILES string of the molecule is COCCN1C[C@@H](NC(=O)Nc2c(C)c(OCC3COC(C)(C)O3)nn2-c2ccccc2)[C@H](c2ccc(F)c(F)c2)C1. The average molecular weight is 586 g/mol. The lowest BCUT2D eigenvalue weighted by molar-refractivity contribution is -0.141. The van der Waals surface area contributed by atoms with Crippen molar-refractivity contribution in [1.29, 1.82) is 0 Å². The molecule has 5 rings (SSSR count). The van der Waals surface area contributed by atoms with Gasteiger partial charge < -0.3 is 24.3 Å². The zero-order valence-electron chi connectivity index (χ0n) is 24.2. The monoisotopic (exact) mass is 585 g/mol. The summed E-state index contributed by atoms with van der Waals surface area (Å²) in [6.07, 6.45) is -0.252. The van der Waals surface area contributed by atoms with E-state index >= 15 is 0 Å². The van der Waals surface area contributed by atoms with Gasteiger partial charge in [-0.25, -0.2) is 18.3 Å². The van der Waals surface area contributed by atoms with Crippen LogP contribution in [0.15, 0.2) is 48.5 Å². The number of benzene rings is 2. The molecule has 0 saturated carbocycles. The lowest BCUT2D eigenvalue weighted by atomic mass is 9.94. The van der Waals surface area contributed by atoms with E-state index in [1.54, 1.807) is 17.9 Å². The Kier molecular flexibility index (Phi) is 9.07. The summed E-state index contributed by atoms with van der Waals surface area (Å²) in [6.45, 7) is 8.38. The molecule has 2 amide bonds. The number of hydrogen-bond donors (Lipinski definition) is 2. The van der Waals surface area contributed by atoms with E-state index in [1.165, 1.54) is 6.07 Å². The number of ether oxygens (including phenoxy) is 4. The number of methoxy groups -OCH3 is 1. The fourth-order valence-corrected chi connectivity index (χ4v) is 5.36. The van der Waals surface area contributed by atoms with Crippen LogP contribution in [0, 0.1) is 18.6 Å². The number of rotatable bonds is 10. The molecule has 2 aliphatic rings. The smallest absolute Gasteiger partial charge is 0.320 e. The predicted molar refractivity (Wildman–Crippen MR) is 152 cm³/mol. The van der Waals surface area contributed by atoms with Crippen LogP contribution in [0.2, 0.25) is 0 Å². The molecule has 2 aliphatic heterocycles. The van der Waals surface area contributed by atoms with Gasteiger partial charge in [-0.1, -0.05) is 24.3 Å². The summed E-state index contributed by atoms with van der Waals surface area (Å²) in [4.78, 5) is 15.6. The molecule has 1 aromatic heterocycles. The number of hydrogen-bond acceptors (Lipinski definition) is 7. The molecule has 12 heteroatoms. The van der Waals surface area contributed by atoms with Crippen molar-refractivity contribution in [3.63, 3.8) is 0 Å². The molecule has 2 aromatic carbocycles. The van der Waals surface area contributed by atoms with Crippen molar-refractivity contribution in [1.82, 2.24) is 20.0 Å². The first kappa shape index (κ1) is 29.9. The van der Waals surface area contributed by atoms with Gasteiger partial charge in [0.2, 0.25) is 5.88 Å². The van der Waals surface area contributed by atoms with Crippen LogP contribution in [0.3, 0.4) is 0 Å². The summed E-state index contributed by atoms with van der Waals surface area (Å²) in [5.74, 6) is -1.95. The van der Waals surface area contributed by atoms with Crippen LogP contribution in [0.25, 0.3) is 5.69 Å². The lowest BCUT2D eigenvalue weighted by Gasteiger charge is -2.21. The Morgan fingerprint density at radius 1 is 1.14 bits per heavy atom. The molecule has 2 saturated heterocycles. The first-order valence-corrected chi connectivity index (χ1v) is 14.0. The maximum Gasteiger partial charge on any atom is 0.320 e. The number of likely N-dealkylation sites (tertiary alicyclic amines) is 1. The zero-order chi connectivity index (χ0) is 29.9. The Morgan fingerprint density at radius 3 is 2.62 bits per heavy atom. The van der Waals surface area contributed by atoms with Gasteiger partial charge in [0, 0.05) is 32.7 Å². The first-order valence-electron chi connectivity index (χ1n) is 14.0. The third-order valence-corrected chi connectivity index (χ3v) is 7.48. The molecule has 0 aliphatic carbocycles. The van der Waals surface area contributed by atoms with Crippen LogP contribution < -0.4 is 15.4 Å². The van der Waals surface area contributed by atoms with Crippen molar-refractivity contribution < 1.29 is 32.5 Å². The minimum atomic E-state index is -0.918. The minimum Gasteiger partial charge on any atom is -0.473 e. The van der Waals surface area contributed by atoms with Gasteiger partial charge in [0.15, 0.2) is 17.4 Å². The fourth-order valence-electron chi connectivity index (χ4n) is 5.36. The van der Waals surface area contributed by atoms with Crippen molar-refractivity contribution in [2.45, 2.75) is 44.6 Å². The third kappa shape index (κ3) is 6.89. The molecule has 1 unspecified atom stereocenters. The first-order chi connectivity index (χ1) is 20.1. The molecule has 3 aromatic rings. The van der Waals surface area contributed by atoms with Crippen molar-refractivity contribution in [2.24, 2.45) is 0 Å².